The van der Waals surface area contributed by atoms with Crippen LogP contribution in [0.15, 0.2) is 46.9 Å². The molecule has 4 nitrogen and oxygen atoms in total. The molecule has 0 bridgehead atoms. The number of nitrogens with two attached hydrogens (primary N) is 1. The number of ether oxygens (including phenoxy) is 1. The molecule has 0 aromatic heterocycles. The van der Waals surface area contributed by atoms with E-state index < -0.39 is 11.9 Å². The molecule has 2 rings (SSSR count). The van der Waals surface area contributed by atoms with Crippen LogP contribution in [-0.2, 0) is 4.79 Å². The van der Waals surface area contributed by atoms with Gasteiger partial charge in [0.05, 0.1) is 7.11 Å². The number of aryl methyl sites for hydroxylation is 1. The highest BCUT2D eigenvalue weighted by molar-refractivity contribution is 9.10. The average molecular weight is 349 g/mol. The molecular weight excluding hydrogens is 332 g/mol. The Labute approximate surface area is 132 Å². The highest BCUT2D eigenvalue weighted by atomic mass is 79.9. The zero-order chi connectivity index (χ0) is 15.4. The van der Waals surface area contributed by atoms with Gasteiger partial charge in [0.1, 0.15) is 11.8 Å². The van der Waals surface area contributed by atoms with Crippen molar-refractivity contribution in [2.24, 2.45) is 5.73 Å². The summed E-state index contributed by atoms with van der Waals surface area (Å²) in [6.07, 6.45) is 0. The standard InChI is InChI=1S/C16H17BrN2O2/c1-10-3-4-11(9-14(10)17)15(16(18)20)19-12-5-7-13(21-2)8-6-12/h3-9,15,19H,1-2H3,(H2,18,20). The molecule has 5 heteroatoms. The van der Waals surface area contributed by atoms with E-state index in [4.69, 9.17) is 10.5 Å². The van der Waals surface area contributed by atoms with E-state index in [2.05, 4.69) is 21.2 Å². The first-order valence-corrected chi connectivity index (χ1v) is 7.26. The first-order chi connectivity index (χ1) is 10.0. The van der Waals surface area contributed by atoms with Crippen molar-refractivity contribution in [2.75, 3.05) is 12.4 Å². The van der Waals surface area contributed by atoms with Gasteiger partial charge in [0.15, 0.2) is 0 Å². The van der Waals surface area contributed by atoms with E-state index in [1.165, 1.54) is 0 Å². The number of benzene rings is 2. The average Bonchev–Trinajstić information content (AvgIpc) is 2.48. The third-order valence-electron chi connectivity index (χ3n) is 3.21. The van der Waals surface area contributed by atoms with Gasteiger partial charge in [-0.15, -0.1) is 0 Å². The van der Waals surface area contributed by atoms with Crippen molar-refractivity contribution in [2.45, 2.75) is 13.0 Å². The van der Waals surface area contributed by atoms with Crippen LogP contribution >= 0.6 is 15.9 Å². The minimum atomic E-state index is -0.588. The normalized spacial score (nSPS) is 11.8. The van der Waals surface area contributed by atoms with Crippen LogP contribution in [0.4, 0.5) is 5.69 Å². The Balaban J connectivity index is 2.26. The number of nitrogens with one attached hydrogen (secondary N) is 1. The van der Waals surface area contributed by atoms with E-state index in [0.717, 1.165) is 27.0 Å². The van der Waals surface area contributed by atoms with Crippen molar-refractivity contribution >= 4 is 27.5 Å². The number of carbonyl (C=O) groups excluding carboxylic acids is 1. The molecule has 0 heterocycles. The molecule has 0 fully saturated rings. The van der Waals surface area contributed by atoms with E-state index in [-0.39, 0.29) is 0 Å². The van der Waals surface area contributed by atoms with Crippen molar-refractivity contribution < 1.29 is 9.53 Å². The molecule has 0 aliphatic rings. The Morgan fingerprint density at radius 2 is 1.90 bits per heavy atom. The van der Waals surface area contributed by atoms with Gasteiger partial charge in [-0.05, 0) is 48.4 Å². The Kier molecular flexibility index (Phi) is 4.85. The molecule has 0 spiro atoms. The zero-order valence-corrected chi connectivity index (χ0v) is 13.5. The molecule has 0 saturated carbocycles. The van der Waals surface area contributed by atoms with Gasteiger partial charge in [0.2, 0.25) is 5.91 Å². The summed E-state index contributed by atoms with van der Waals surface area (Å²) in [4.78, 5) is 11.7. The minimum Gasteiger partial charge on any atom is -0.497 e. The lowest BCUT2D eigenvalue weighted by Gasteiger charge is -2.18. The summed E-state index contributed by atoms with van der Waals surface area (Å²) < 4.78 is 6.06. The molecule has 2 aromatic rings. The maximum atomic E-state index is 11.7. The first-order valence-electron chi connectivity index (χ1n) is 6.47. The molecular formula is C16H17BrN2O2. The fourth-order valence-corrected chi connectivity index (χ4v) is 2.36. The number of amides is 1. The molecule has 1 atom stereocenters. The topological polar surface area (TPSA) is 64.3 Å². The van der Waals surface area contributed by atoms with Gasteiger partial charge in [0.25, 0.3) is 0 Å². The van der Waals surface area contributed by atoms with E-state index in [0.29, 0.717) is 0 Å². The van der Waals surface area contributed by atoms with E-state index in [1.54, 1.807) is 7.11 Å². The Bertz CT molecular complexity index is 641. The highest BCUT2D eigenvalue weighted by Gasteiger charge is 2.18. The van der Waals surface area contributed by atoms with E-state index in [1.807, 2.05) is 49.4 Å². The minimum absolute atomic E-state index is 0.429. The Hall–Kier alpha value is -2.01. The van der Waals surface area contributed by atoms with Gasteiger partial charge < -0.3 is 15.8 Å². The smallest absolute Gasteiger partial charge is 0.244 e. The summed E-state index contributed by atoms with van der Waals surface area (Å²) in [6, 6.07) is 12.5. The van der Waals surface area contributed by atoms with Crippen LogP contribution < -0.4 is 15.8 Å². The van der Waals surface area contributed by atoms with Crippen molar-refractivity contribution in [1.29, 1.82) is 0 Å². The van der Waals surface area contributed by atoms with Crippen LogP contribution in [0, 0.1) is 6.92 Å². The monoisotopic (exact) mass is 348 g/mol. The van der Waals surface area contributed by atoms with Crippen LogP contribution in [0.2, 0.25) is 0 Å². The van der Waals surface area contributed by atoms with Crippen LogP contribution in [0.5, 0.6) is 5.75 Å². The maximum absolute atomic E-state index is 11.7. The number of hydrogen-bond donors (Lipinski definition) is 2. The van der Waals surface area contributed by atoms with Crippen LogP contribution in [-0.4, -0.2) is 13.0 Å². The van der Waals surface area contributed by atoms with E-state index >= 15 is 0 Å². The number of rotatable bonds is 5. The fraction of sp³-hybridized carbons (Fsp3) is 0.188. The quantitative estimate of drug-likeness (QED) is 0.870. The Morgan fingerprint density at radius 1 is 1.24 bits per heavy atom. The molecule has 21 heavy (non-hydrogen) atoms. The summed E-state index contributed by atoms with van der Waals surface area (Å²) >= 11 is 3.47. The molecule has 110 valence electrons. The summed E-state index contributed by atoms with van der Waals surface area (Å²) in [5.74, 6) is 0.329. The Morgan fingerprint density at radius 3 is 2.43 bits per heavy atom. The SMILES string of the molecule is COc1ccc(NC(C(N)=O)c2ccc(C)c(Br)c2)cc1. The van der Waals surface area contributed by atoms with Crippen LogP contribution in [0.1, 0.15) is 17.2 Å². The number of methoxy groups -OCH3 is 1. The number of halogens is 1. The van der Waals surface area contributed by atoms with Gasteiger partial charge in [-0.2, -0.15) is 0 Å². The second-order valence-electron chi connectivity index (χ2n) is 4.72. The third-order valence-corrected chi connectivity index (χ3v) is 4.07. The molecule has 3 N–H and O–H groups in total. The maximum Gasteiger partial charge on any atom is 0.244 e. The lowest BCUT2D eigenvalue weighted by Crippen LogP contribution is -2.27. The third kappa shape index (κ3) is 3.76. The summed E-state index contributed by atoms with van der Waals surface area (Å²) in [5, 5.41) is 3.14. The first kappa shape index (κ1) is 15.4. The molecule has 0 radical (unpaired) electrons. The van der Waals surface area contributed by atoms with Gasteiger partial charge in [-0.1, -0.05) is 28.1 Å². The van der Waals surface area contributed by atoms with Gasteiger partial charge in [-0.25, -0.2) is 0 Å². The van der Waals surface area contributed by atoms with Crippen molar-refractivity contribution in [1.82, 2.24) is 0 Å². The molecule has 1 unspecified atom stereocenters. The number of hydrogen-bond acceptors (Lipinski definition) is 3. The molecule has 0 saturated heterocycles. The predicted molar refractivity (Wildman–Crippen MR) is 87.4 cm³/mol. The van der Waals surface area contributed by atoms with Gasteiger partial charge >= 0.3 is 0 Å². The molecule has 1 amide bonds. The van der Waals surface area contributed by atoms with Crippen LogP contribution in [0.25, 0.3) is 0 Å². The second kappa shape index (κ2) is 6.63. The van der Waals surface area contributed by atoms with Crippen molar-refractivity contribution in [3.8, 4) is 5.75 Å². The molecule has 0 aliphatic carbocycles. The summed E-state index contributed by atoms with van der Waals surface area (Å²) in [7, 11) is 1.61. The number of primary amides is 1. The van der Waals surface area contributed by atoms with Gasteiger partial charge in [-0.3, -0.25) is 4.79 Å². The lowest BCUT2D eigenvalue weighted by molar-refractivity contribution is -0.118. The number of anilines is 1. The summed E-state index contributed by atoms with van der Waals surface area (Å²) in [5.41, 5.74) is 8.24. The number of carbonyl (C=O) groups is 1. The second-order valence-corrected chi connectivity index (χ2v) is 5.57. The van der Waals surface area contributed by atoms with Crippen molar-refractivity contribution in [3.63, 3.8) is 0 Å². The predicted octanol–water partition coefficient (Wildman–Crippen LogP) is 3.40. The summed E-state index contributed by atoms with van der Waals surface area (Å²) in [6.45, 7) is 1.99. The zero-order valence-electron chi connectivity index (χ0n) is 11.9. The largest absolute Gasteiger partial charge is 0.497 e. The molecule has 0 aliphatic heterocycles. The molecule has 2 aromatic carbocycles. The van der Waals surface area contributed by atoms with Crippen molar-refractivity contribution in [3.05, 3.63) is 58.1 Å². The fourth-order valence-electron chi connectivity index (χ4n) is 1.96. The van der Waals surface area contributed by atoms with Gasteiger partial charge in [0, 0.05) is 10.2 Å². The van der Waals surface area contributed by atoms with Crippen LogP contribution in [0.3, 0.4) is 0 Å². The van der Waals surface area contributed by atoms with E-state index in [9.17, 15) is 4.79 Å². The highest BCUT2D eigenvalue weighted by Crippen LogP contribution is 2.25. The lowest BCUT2D eigenvalue weighted by atomic mass is 10.0.